The first-order chi connectivity index (χ1) is 8.77. The van der Waals surface area contributed by atoms with E-state index in [1.165, 1.54) is 5.56 Å². The molecule has 0 aliphatic heterocycles. The van der Waals surface area contributed by atoms with Crippen LogP contribution in [0.2, 0.25) is 0 Å². The van der Waals surface area contributed by atoms with Crippen molar-refractivity contribution >= 4 is 0 Å². The maximum Gasteiger partial charge on any atom is 0.160 e. The van der Waals surface area contributed by atoms with E-state index in [0.29, 0.717) is 12.6 Å². The zero-order valence-corrected chi connectivity index (χ0v) is 13.3. The molecule has 1 N–H and O–H groups in total. The Morgan fingerprint density at radius 1 is 1.16 bits per heavy atom. The van der Waals surface area contributed by atoms with E-state index in [9.17, 15) is 0 Å². The predicted octanol–water partition coefficient (Wildman–Crippen LogP) is 2.86. The normalized spacial score (nSPS) is 12.2. The van der Waals surface area contributed by atoms with Gasteiger partial charge in [-0.25, -0.2) is 9.97 Å². The van der Waals surface area contributed by atoms with Crippen LogP contribution < -0.4 is 5.32 Å². The second-order valence-electron chi connectivity index (χ2n) is 5.68. The van der Waals surface area contributed by atoms with Crippen LogP contribution in [-0.4, -0.2) is 22.6 Å². The van der Waals surface area contributed by atoms with Crippen LogP contribution in [0.4, 0.5) is 0 Å². The Kier molecular flexibility index (Phi) is 5.44. The predicted molar refractivity (Wildman–Crippen MR) is 78.1 cm³/mol. The Hall–Kier alpha value is -1.00. The van der Waals surface area contributed by atoms with E-state index in [0.717, 1.165) is 23.8 Å². The summed E-state index contributed by atoms with van der Waals surface area (Å²) in [5.74, 6) is 0.762. The molecule has 0 atom stereocenters. The standard InChI is InChI=1S/C15H27N3O/c1-8-19-15(6,7)14-17-11(4)13(12(5)18-14)9-16-10(2)3/h10,16H,8-9H2,1-7H3. The summed E-state index contributed by atoms with van der Waals surface area (Å²) in [5, 5.41) is 3.42. The SMILES string of the molecule is CCOC(C)(C)c1nc(C)c(CNC(C)C)c(C)n1. The van der Waals surface area contributed by atoms with Gasteiger partial charge in [0.1, 0.15) is 5.60 Å². The van der Waals surface area contributed by atoms with Gasteiger partial charge in [-0.1, -0.05) is 13.8 Å². The topological polar surface area (TPSA) is 47.0 Å². The van der Waals surface area contributed by atoms with Crippen molar-refractivity contribution in [2.75, 3.05) is 6.61 Å². The summed E-state index contributed by atoms with van der Waals surface area (Å²) in [6, 6.07) is 0.457. The molecule has 0 saturated heterocycles. The fourth-order valence-corrected chi connectivity index (χ4v) is 2.00. The Morgan fingerprint density at radius 3 is 2.11 bits per heavy atom. The average molecular weight is 265 g/mol. The minimum absolute atomic E-state index is 0.436. The quantitative estimate of drug-likeness (QED) is 0.859. The monoisotopic (exact) mass is 265 g/mol. The van der Waals surface area contributed by atoms with Crippen molar-refractivity contribution < 1.29 is 4.74 Å². The third-order valence-electron chi connectivity index (χ3n) is 3.15. The number of hydrogen-bond acceptors (Lipinski definition) is 4. The van der Waals surface area contributed by atoms with Crippen molar-refractivity contribution in [2.45, 2.75) is 66.7 Å². The second kappa shape index (κ2) is 6.44. The van der Waals surface area contributed by atoms with E-state index in [1.807, 2.05) is 34.6 Å². The van der Waals surface area contributed by atoms with E-state index in [1.54, 1.807) is 0 Å². The fraction of sp³-hybridized carbons (Fsp3) is 0.733. The van der Waals surface area contributed by atoms with Crippen LogP contribution in [0.3, 0.4) is 0 Å². The molecule has 1 rings (SSSR count). The van der Waals surface area contributed by atoms with Crippen molar-refractivity contribution in [3.05, 3.63) is 22.8 Å². The molecule has 0 aliphatic rings. The number of aromatic nitrogens is 2. The highest BCUT2D eigenvalue weighted by Gasteiger charge is 2.25. The Bertz CT molecular complexity index is 404. The molecule has 0 aliphatic carbocycles. The number of hydrogen-bond donors (Lipinski definition) is 1. The van der Waals surface area contributed by atoms with E-state index >= 15 is 0 Å². The maximum absolute atomic E-state index is 5.72. The van der Waals surface area contributed by atoms with Gasteiger partial charge in [0, 0.05) is 36.1 Å². The summed E-state index contributed by atoms with van der Waals surface area (Å²) >= 11 is 0. The van der Waals surface area contributed by atoms with Crippen LogP contribution in [0.1, 0.15) is 57.4 Å². The molecule has 4 heteroatoms. The molecule has 0 aromatic carbocycles. The van der Waals surface area contributed by atoms with Crippen LogP contribution in [0.25, 0.3) is 0 Å². The van der Waals surface area contributed by atoms with Crippen LogP contribution in [0.15, 0.2) is 0 Å². The van der Waals surface area contributed by atoms with Crippen molar-refractivity contribution in [3.8, 4) is 0 Å². The van der Waals surface area contributed by atoms with Gasteiger partial charge < -0.3 is 10.1 Å². The maximum atomic E-state index is 5.72. The molecule has 1 aromatic heterocycles. The van der Waals surface area contributed by atoms with E-state index in [4.69, 9.17) is 4.74 Å². The highest BCUT2D eigenvalue weighted by Crippen LogP contribution is 2.23. The molecule has 0 unspecified atom stereocenters. The van der Waals surface area contributed by atoms with Gasteiger partial charge in [-0.3, -0.25) is 0 Å². The minimum Gasteiger partial charge on any atom is -0.368 e. The number of aryl methyl sites for hydroxylation is 2. The zero-order valence-electron chi connectivity index (χ0n) is 13.3. The average Bonchev–Trinajstić information content (AvgIpc) is 2.27. The van der Waals surface area contributed by atoms with Crippen LogP contribution in [0, 0.1) is 13.8 Å². The van der Waals surface area contributed by atoms with E-state index in [2.05, 4.69) is 29.1 Å². The van der Waals surface area contributed by atoms with Crippen molar-refractivity contribution in [3.63, 3.8) is 0 Å². The van der Waals surface area contributed by atoms with Gasteiger partial charge in [0.05, 0.1) is 0 Å². The van der Waals surface area contributed by atoms with Crippen LogP contribution in [0.5, 0.6) is 0 Å². The molecular weight excluding hydrogens is 238 g/mol. The first-order valence-electron chi connectivity index (χ1n) is 6.99. The summed E-state index contributed by atoms with van der Waals surface area (Å²) in [7, 11) is 0. The largest absolute Gasteiger partial charge is 0.368 e. The number of rotatable bonds is 6. The van der Waals surface area contributed by atoms with Crippen LogP contribution in [-0.2, 0) is 16.9 Å². The fourth-order valence-electron chi connectivity index (χ4n) is 2.00. The first kappa shape index (κ1) is 16.1. The number of nitrogens with zero attached hydrogens (tertiary/aromatic N) is 2. The summed E-state index contributed by atoms with van der Waals surface area (Å²) in [6.45, 7) is 15.8. The van der Waals surface area contributed by atoms with E-state index < -0.39 is 5.60 Å². The molecule has 0 bridgehead atoms. The molecule has 0 spiro atoms. The van der Waals surface area contributed by atoms with Gasteiger partial charge in [-0.2, -0.15) is 0 Å². The lowest BCUT2D eigenvalue weighted by Gasteiger charge is -2.24. The molecule has 1 heterocycles. The molecule has 0 saturated carbocycles. The molecular formula is C15H27N3O. The molecule has 0 amide bonds. The van der Waals surface area contributed by atoms with E-state index in [-0.39, 0.29) is 0 Å². The highest BCUT2D eigenvalue weighted by molar-refractivity contribution is 5.25. The second-order valence-corrected chi connectivity index (χ2v) is 5.68. The summed E-state index contributed by atoms with van der Waals surface area (Å²) in [4.78, 5) is 9.25. The van der Waals surface area contributed by atoms with Crippen molar-refractivity contribution in [2.24, 2.45) is 0 Å². The number of nitrogens with one attached hydrogen (secondary N) is 1. The minimum atomic E-state index is -0.436. The summed E-state index contributed by atoms with van der Waals surface area (Å²) in [5.41, 5.74) is 2.81. The lowest BCUT2D eigenvalue weighted by Crippen LogP contribution is -2.28. The van der Waals surface area contributed by atoms with Gasteiger partial charge in [0.15, 0.2) is 5.82 Å². The van der Waals surface area contributed by atoms with Crippen LogP contribution >= 0.6 is 0 Å². The van der Waals surface area contributed by atoms with Crippen molar-refractivity contribution in [1.29, 1.82) is 0 Å². The summed E-state index contributed by atoms with van der Waals surface area (Å²) < 4.78 is 5.72. The zero-order chi connectivity index (χ0) is 14.6. The van der Waals surface area contributed by atoms with Gasteiger partial charge in [0.2, 0.25) is 0 Å². The van der Waals surface area contributed by atoms with Gasteiger partial charge >= 0.3 is 0 Å². The van der Waals surface area contributed by atoms with Gasteiger partial charge in [-0.15, -0.1) is 0 Å². The molecule has 4 nitrogen and oxygen atoms in total. The molecule has 108 valence electrons. The third kappa shape index (κ3) is 4.25. The molecule has 1 aromatic rings. The summed E-state index contributed by atoms with van der Waals surface area (Å²) in [6.07, 6.45) is 0. The van der Waals surface area contributed by atoms with Gasteiger partial charge in [-0.05, 0) is 34.6 Å². The lowest BCUT2D eigenvalue weighted by molar-refractivity contribution is -0.0210. The third-order valence-corrected chi connectivity index (χ3v) is 3.15. The highest BCUT2D eigenvalue weighted by atomic mass is 16.5. The molecule has 19 heavy (non-hydrogen) atoms. The lowest BCUT2D eigenvalue weighted by atomic mass is 10.1. The smallest absolute Gasteiger partial charge is 0.160 e. The van der Waals surface area contributed by atoms with Gasteiger partial charge in [0.25, 0.3) is 0 Å². The first-order valence-corrected chi connectivity index (χ1v) is 6.99. The molecule has 0 radical (unpaired) electrons. The molecule has 0 fully saturated rings. The van der Waals surface area contributed by atoms with Crippen molar-refractivity contribution in [1.82, 2.24) is 15.3 Å². The number of ether oxygens (including phenoxy) is 1. The Balaban J connectivity index is 3.03. The Morgan fingerprint density at radius 2 is 1.68 bits per heavy atom. The Labute approximate surface area is 117 Å².